The van der Waals surface area contributed by atoms with Gasteiger partial charge in [0.05, 0.1) is 17.1 Å². The highest BCUT2D eigenvalue weighted by atomic mass is 79.9. The van der Waals surface area contributed by atoms with E-state index in [0.717, 1.165) is 6.26 Å². The maximum absolute atomic E-state index is 14.3. The van der Waals surface area contributed by atoms with E-state index < -0.39 is 33.9 Å². The van der Waals surface area contributed by atoms with Crippen LogP contribution < -0.4 is 10.1 Å². The molecule has 0 fully saturated rings. The lowest BCUT2D eigenvalue weighted by Crippen LogP contribution is -2.22. The minimum Gasteiger partial charge on any atom is -0.492 e. The van der Waals surface area contributed by atoms with E-state index in [0.29, 0.717) is 17.9 Å². The molecule has 0 atom stereocenters. The Labute approximate surface area is 183 Å². The number of sulfone groups is 1. The summed E-state index contributed by atoms with van der Waals surface area (Å²) in [7, 11) is -9.04. The lowest BCUT2D eigenvalue weighted by atomic mass is 10.1. The zero-order chi connectivity index (χ0) is 22.9. The number of fused-ring (bicyclic) bond motifs is 1. The Morgan fingerprint density at radius 1 is 1.37 bits per heavy atom. The Bertz CT molecular complexity index is 1110. The summed E-state index contributed by atoms with van der Waals surface area (Å²) in [6, 6.07) is 2.62. The van der Waals surface area contributed by atoms with Crippen LogP contribution >= 0.6 is 34.9 Å². The number of hydrogen-bond donors (Lipinski definition) is 3. The number of alkyl halides is 2. The summed E-state index contributed by atoms with van der Waals surface area (Å²) in [6.07, 6.45) is 1.19. The lowest BCUT2D eigenvalue weighted by Gasteiger charge is -2.16. The Morgan fingerprint density at radius 2 is 2.00 bits per heavy atom. The molecule has 0 saturated heterocycles. The predicted molar refractivity (Wildman–Crippen MR) is 113 cm³/mol. The number of carbonyl (C=O) groups excluding carboxylic acids is 1. The van der Waals surface area contributed by atoms with Gasteiger partial charge in [0.1, 0.15) is 20.5 Å². The summed E-state index contributed by atoms with van der Waals surface area (Å²) in [5.41, 5.74) is -4.36. The summed E-state index contributed by atoms with van der Waals surface area (Å²) in [6.45, 7) is 1.94. The molecule has 0 unspecified atom stereocenters. The molecule has 2 rings (SSSR count). The van der Waals surface area contributed by atoms with Crippen molar-refractivity contribution in [2.24, 2.45) is 0 Å². The van der Waals surface area contributed by atoms with Crippen molar-refractivity contribution in [2.75, 3.05) is 25.2 Å². The van der Waals surface area contributed by atoms with Crippen molar-refractivity contribution in [1.82, 2.24) is 5.32 Å². The molecule has 1 amide bonds. The molecule has 168 valence electrons. The lowest BCUT2D eigenvalue weighted by molar-refractivity contribution is 0.0595. The third-order valence-corrected chi connectivity index (χ3v) is 8.36. The van der Waals surface area contributed by atoms with Crippen LogP contribution in [-0.4, -0.2) is 49.3 Å². The molecule has 0 aliphatic rings. The van der Waals surface area contributed by atoms with Crippen molar-refractivity contribution < 1.29 is 41.1 Å². The number of rotatable bonds is 9. The molecule has 0 aliphatic carbocycles. The topological polar surface area (TPSA) is 130 Å². The molecule has 1 aromatic heterocycles. The normalized spacial score (nSPS) is 12.9. The highest BCUT2D eigenvalue weighted by Gasteiger charge is 2.53. The zero-order valence-corrected chi connectivity index (χ0v) is 19.9. The Balaban J connectivity index is 2.57. The van der Waals surface area contributed by atoms with Crippen LogP contribution in [0.25, 0.3) is 10.1 Å². The van der Waals surface area contributed by atoms with Gasteiger partial charge >= 0.3 is 13.3 Å². The molecule has 2 aromatic rings. The molecule has 0 bridgehead atoms. The summed E-state index contributed by atoms with van der Waals surface area (Å²) in [4.78, 5) is 29.5. The van der Waals surface area contributed by atoms with Gasteiger partial charge in [-0.05, 0) is 41.4 Å². The van der Waals surface area contributed by atoms with E-state index in [1.54, 1.807) is 6.92 Å². The van der Waals surface area contributed by atoms with Gasteiger partial charge in [-0.3, -0.25) is 9.36 Å². The minimum absolute atomic E-state index is 0.0284. The van der Waals surface area contributed by atoms with Crippen molar-refractivity contribution in [3.8, 4) is 5.75 Å². The van der Waals surface area contributed by atoms with Crippen LogP contribution in [0.15, 0.2) is 16.6 Å². The maximum atomic E-state index is 14.3. The van der Waals surface area contributed by atoms with Crippen LogP contribution in [0, 0.1) is 0 Å². The average molecular weight is 550 g/mol. The Hall–Kier alpha value is -1.11. The van der Waals surface area contributed by atoms with E-state index in [2.05, 4.69) is 21.2 Å². The Kier molecular flexibility index (Phi) is 7.69. The fraction of sp³-hybridized carbons (Fsp3) is 0.438. The first kappa shape index (κ1) is 25.2. The molecule has 0 spiro atoms. The number of benzene rings is 1. The zero-order valence-electron chi connectivity index (χ0n) is 15.8. The summed E-state index contributed by atoms with van der Waals surface area (Å²) in [5.74, 6) is -0.621. The SMILES string of the molecule is CCNC(=O)c1cc(OCCCS(C)(=O)=O)c2sc(C(F)(F)P(=O)(O)O)c(Br)c2c1. The van der Waals surface area contributed by atoms with Gasteiger partial charge in [-0.25, -0.2) is 8.42 Å². The average Bonchev–Trinajstić information content (AvgIpc) is 2.94. The second kappa shape index (κ2) is 9.17. The monoisotopic (exact) mass is 549 g/mol. The van der Waals surface area contributed by atoms with Gasteiger partial charge < -0.3 is 19.8 Å². The van der Waals surface area contributed by atoms with E-state index in [9.17, 15) is 26.6 Å². The molecule has 0 aliphatic heterocycles. The molecule has 30 heavy (non-hydrogen) atoms. The first-order chi connectivity index (χ1) is 13.7. The number of amides is 1. The smallest absolute Gasteiger partial charge is 0.400 e. The van der Waals surface area contributed by atoms with Crippen molar-refractivity contribution in [3.63, 3.8) is 0 Å². The standard InChI is InChI=1S/C16H19BrF2NO7PS2/c1-3-20-15(21)9-7-10-12(17)14(16(18,19)28(22,23)24)29-13(10)11(8-9)27-5-4-6-30(2,25)26/h7-8H,3-6H2,1-2H3,(H,20,21)(H2,22,23,24). The van der Waals surface area contributed by atoms with Gasteiger partial charge in [0.2, 0.25) is 0 Å². The van der Waals surface area contributed by atoms with Gasteiger partial charge in [0.25, 0.3) is 5.91 Å². The second-order valence-electron chi connectivity index (χ2n) is 6.37. The van der Waals surface area contributed by atoms with Crippen LogP contribution in [0.1, 0.15) is 28.6 Å². The third kappa shape index (κ3) is 5.57. The second-order valence-corrected chi connectivity index (χ2v) is 12.1. The highest BCUT2D eigenvalue weighted by molar-refractivity contribution is 9.10. The first-order valence-electron chi connectivity index (χ1n) is 8.47. The van der Waals surface area contributed by atoms with Crippen LogP contribution in [0.2, 0.25) is 0 Å². The molecule has 1 heterocycles. The van der Waals surface area contributed by atoms with Crippen LogP contribution in [-0.2, 0) is 20.1 Å². The number of ether oxygens (including phenoxy) is 1. The largest absolute Gasteiger partial charge is 0.492 e. The third-order valence-electron chi connectivity index (χ3n) is 3.85. The molecule has 3 N–H and O–H groups in total. The number of thiophene rings is 1. The van der Waals surface area contributed by atoms with Crippen LogP contribution in [0.5, 0.6) is 5.75 Å². The quantitative estimate of drug-likeness (QED) is 0.322. The molecule has 8 nitrogen and oxygen atoms in total. The van der Waals surface area contributed by atoms with Gasteiger partial charge in [0, 0.05) is 28.2 Å². The Morgan fingerprint density at radius 3 is 2.53 bits per heavy atom. The van der Waals surface area contributed by atoms with Crippen LogP contribution in [0.4, 0.5) is 8.78 Å². The first-order valence-corrected chi connectivity index (χ1v) is 13.8. The van der Waals surface area contributed by atoms with E-state index in [1.165, 1.54) is 12.1 Å². The van der Waals surface area contributed by atoms with E-state index >= 15 is 0 Å². The van der Waals surface area contributed by atoms with E-state index in [4.69, 9.17) is 14.5 Å². The van der Waals surface area contributed by atoms with Crippen LogP contribution in [0.3, 0.4) is 0 Å². The van der Waals surface area contributed by atoms with E-state index in [-0.39, 0.29) is 44.7 Å². The number of hydrogen-bond acceptors (Lipinski definition) is 6. The van der Waals surface area contributed by atoms with Crippen molar-refractivity contribution in [1.29, 1.82) is 0 Å². The van der Waals surface area contributed by atoms with Gasteiger partial charge in [-0.2, -0.15) is 8.78 Å². The van der Waals surface area contributed by atoms with Crippen molar-refractivity contribution in [2.45, 2.75) is 19.0 Å². The molecule has 14 heteroatoms. The maximum Gasteiger partial charge on any atom is 0.400 e. The minimum atomic E-state index is -5.81. The predicted octanol–water partition coefficient (Wildman–Crippen LogP) is 3.45. The van der Waals surface area contributed by atoms with Gasteiger partial charge in [0.15, 0.2) is 0 Å². The molecule has 0 saturated carbocycles. The van der Waals surface area contributed by atoms with Gasteiger partial charge in [-0.15, -0.1) is 11.3 Å². The molecular formula is C16H19BrF2NO7PS2. The highest BCUT2D eigenvalue weighted by Crippen LogP contribution is 2.63. The molecule has 0 radical (unpaired) electrons. The summed E-state index contributed by atoms with van der Waals surface area (Å²) < 4.78 is 67.9. The summed E-state index contributed by atoms with van der Waals surface area (Å²) in [5, 5.41) is 2.68. The summed E-state index contributed by atoms with van der Waals surface area (Å²) >= 11 is 3.38. The molecular weight excluding hydrogens is 531 g/mol. The number of nitrogens with one attached hydrogen (secondary N) is 1. The fourth-order valence-corrected chi connectivity index (χ4v) is 6.09. The number of halogens is 3. The van der Waals surface area contributed by atoms with E-state index in [1.807, 2.05) is 0 Å². The number of carbonyl (C=O) groups is 1. The van der Waals surface area contributed by atoms with Crippen molar-refractivity contribution >= 4 is 60.7 Å². The molecule has 1 aromatic carbocycles. The van der Waals surface area contributed by atoms with Crippen molar-refractivity contribution in [3.05, 3.63) is 27.0 Å². The fourth-order valence-electron chi connectivity index (χ4n) is 2.47. The van der Waals surface area contributed by atoms with Gasteiger partial charge in [-0.1, -0.05) is 0 Å².